The summed E-state index contributed by atoms with van der Waals surface area (Å²) in [7, 11) is 3.94. The number of anilines is 1. The smallest absolute Gasteiger partial charge is 0.192 e. The molecule has 0 saturated carbocycles. The molecule has 1 aliphatic carbocycles. The quantitative estimate of drug-likeness (QED) is 0.256. The fraction of sp³-hybridized carbons (Fsp3) is 0.241. The largest absolute Gasteiger partial charge is 0.363 e. The first-order chi connectivity index (χ1) is 18.4. The van der Waals surface area contributed by atoms with E-state index in [1.807, 2.05) is 54.3 Å². The molecule has 1 aliphatic heterocycles. The Labute approximate surface area is 225 Å². The van der Waals surface area contributed by atoms with Gasteiger partial charge in [0.2, 0.25) is 0 Å². The summed E-state index contributed by atoms with van der Waals surface area (Å²) in [4.78, 5) is 26.1. The summed E-state index contributed by atoms with van der Waals surface area (Å²) in [6.45, 7) is 1.35. The lowest BCUT2D eigenvalue weighted by molar-refractivity contribution is 0.0775. The molecule has 1 atom stereocenters. The lowest BCUT2D eigenvalue weighted by atomic mass is 9.65. The summed E-state index contributed by atoms with van der Waals surface area (Å²) in [5, 5.41) is 4.62. The van der Waals surface area contributed by atoms with Crippen LogP contribution in [0.5, 0.6) is 0 Å². The minimum atomic E-state index is -0.750. The topological polar surface area (TPSA) is 67.2 Å². The van der Waals surface area contributed by atoms with E-state index in [2.05, 4.69) is 31.5 Å². The Bertz CT molecular complexity index is 1500. The zero-order chi connectivity index (χ0) is 26.3. The molecule has 1 unspecified atom stereocenters. The monoisotopic (exact) mass is 526 g/mol. The SMILES string of the molecule is CN(C)c1ccc(SN2CCC3=Cc4c(cnn4-c4ccc(F)cc4)CC3(C(=O)c3ccccn3)C2)cn1. The van der Waals surface area contributed by atoms with E-state index in [1.54, 1.807) is 36.3 Å². The number of nitrogens with zero attached hydrogens (tertiary/aromatic N) is 6. The number of pyridine rings is 2. The van der Waals surface area contributed by atoms with Crippen molar-refractivity contribution in [1.82, 2.24) is 24.1 Å². The first kappa shape index (κ1) is 24.5. The highest BCUT2D eigenvalue weighted by molar-refractivity contribution is 7.97. The van der Waals surface area contributed by atoms with Gasteiger partial charge in [-0.05, 0) is 85.0 Å². The molecule has 0 amide bonds. The number of hydrogen-bond acceptors (Lipinski definition) is 7. The van der Waals surface area contributed by atoms with Gasteiger partial charge in [-0.3, -0.25) is 9.78 Å². The first-order valence-electron chi connectivity index (χ1n) is 12.5. The van der Waals surface area contributed by atoms with Crippen LogP contribution in [-0.2, 0) is 6.42 Å². The van der Waals surface area contributed by atoms with Gasteiger partial charge in [-0.2, -0.15) is 5.10 Å². The van der Waals surface area contributed by atoms with E-state index in [4.69, 9.17) is 0 Å². The summed E-state index contributed by atoms with van der Waals surface area (Å²) in [6.07, 6.45) is 8.76. The van der Waals surface area contributed by atoms with E-state index < -0.39 is 5.41 Å². The lowest BCUT2D eigenvalue weighted by Crippen LogP contribution is -2.49. The van der Waals surface area contributed by atoms with E-state index in [0.717, 1.165) is 46.2 Å². The van der Waals surface area contributed by atoms with Crippen molar-refractivity contribution in [2.75, 3.05) is 32.1 Å². The van der Waals surface area contributed by atoms with Crippen molar-refractivity contribution in [2.24, 2.45) is 5.41 Å². The molecule has 9 heteroatoms. The highest BCUT2D eigenvalue weighted by Gasteiger charge is 2.49. The highest BCUT2D eigenvalue weighted by atomic mass is 32.2. The molecule has 1 fully saturated rings. The molecule has 3 aromatic heterocycles. The molecule has 0 N–H and O–H groups in total. The van der Waals surface area contributed by atoms with Crippen LogP contribution in [0, 0.1) is 11.2 Å². The summed E-state index contributed by atoms with van der Waals surface area (Å²) in [6, 6.07) is 15.9. The molecular weight excluding hydrogens is 499 g/mol. The number of aromatic nitrogens is 4. The second kappa shape index (κ2) is 9.81. The van der Waals surface area contributed by atoms with Gasteiger partial charge in [0.05, 0.1) is 23.0 Å². The van der Waals surface area contributed by atoms with E-state index in [9.17, 15) is 9.18 Å². The van der Waals surface area contributed by atoms with Crippen LogP contribution in [0.15, 0.2) is 83.7 Å². The maximum absolute atomic E-state index is 14.2. The Kier molecular flexibility index (Phi) is 6.33. The number of carbonyl (C=O) groups is 1. The Balaban J connectivity index is 1.36. The molecule has 2 aliphatic rings. The van der Waals surface area contributed by atoms with E-state index in [-0.39, 0.29) is 11.6 Å². The molecular formula is C29H27FN6OS. The van der Waals surface area contributed by atoms with Crippen LogP contribution in [0.1, 0.15) is 28.2 Å². The van der Waals surface area contributed by atoms with Crippen molar-refractivity contribution in [3.05, 3.63) is 102 Å². The molecule has 7 nitrogen and oxygen atoms in total. The number of carbonyl (C=O) groups excluding carboxylic acids is 1. The van der Waals surface area contributed by atoms with Crippen LogP contribution in [0.25, 0.3) is 11.8 Å². The number of halogens is 1. The van der Waals surface area contributed by atoms with Crippen molar-refractivity contribution in [3.63, 3.8) is 0 Å². The maximum Gasteiger partial charge on any atom is 0.192 e. The number of rotatable bonds is 6. The Morgan fingerprint density at radius 2 is 1.89 bits per heavy atom. The number of hydrogen-bond donors (Lipinski definition) is 0. The molecule has 4 aromatic rings. The zero-order valence-electron chi connectivity index (χ0n) is 21.2. The molecule has 6 rings (SSSR count). The van der Waals surface area contributed by atoms with Crippen molar-refractivity contribution >= 4 is 29.6 Å². The molecule has 1 aromatic carbocycles. The molecule has 0 bridgehead atoms. The first-order valence-corrected chi connectivity index (χ1v) is 13.3. The third kappa shape index (κ3) is 4.41. The van der Waals surface area contributed by atoms with E-state index in [0.29, 0.717) is 18.7 Å². The average molecular weight is 527 g/mol. The Morgan fingerprint density at radius 1 is 1.05 bits per heavy atom. The number of Topliss-reactive ketones (excluding diaryl/α,β-unsaturated/α-hetero) is 1. The van der Waals surface area contributed by atoms with Crippen LogP contribution in [-0.4, -0.2) is 57.0 Å². The average Bonchev–Trinajstić information content (AvgIpc) is 3.34. The number of fused-ring (bicyclic) bond motifs is 2. The Morgan fingerprint density at radius 3 is 2.61 bits per heavy atom. The van der Waals surface area contributed by atoms with Gasteiger partial charge in [0, 0.05) is 44.5 Å². The minimum Gasteiger partial charge on any atom is -0.363 e. The number of piperidine rings is 1. The standard InChI is InChI=1S/C29H27FN6OS/c1-34(2)27-11-10-24(18-32-27)38-35-14-12-21-15-26-20(17-33-36(26)23-8-6-22(30)7-9-23)16-29(21,19-35)28(37)25-5-3-4-13-31-25/h3-11,13,15,17-18H,12,14,16,19H2,1-2H3. The molecule has 0 radical (unpaired) electrons. The fourth-order valence-corrected chi connectivity index (χ4v) is 6.26. The van der Waals surface area contributed by atoms with Gasteiger partial charge in [0.1, 0.15) is 17.3 Å². The van der Waals surface area contributed by atoms with Crippen LogP contribution >= 0.6 is 11.9 Å². The number of ketones is 1. The normalized spacial score (nSPS) is 18.9. The van der Waals surface area contributed by atoms with Crippen LogP contribution in [0.4, 0.5) is 10.2 Å². The van der Waals surface area contributed by atoms with Gasteiger partial charge in [0.25, 0.3) is 0 Å². The van der Waals surface area contributed by atoms with E-state index >= 15 is 0 Å². The van der Waals surface area contributed by atoms with Crippen molar-refractivity contribution in [3.8, 4) is 5.69 Å². The predicted molar refractivity (Wildman–Crippen MR) is 147 cm³/mol. The summed E-state index contributed by atoms with van der Waals surface area (Å²) in [5.41, 5.74) is 3.53. The van der Waals surface area contributed by atoms with Gasteiger partial charge in [-0.25, -0.2) is 18.4 Å². The molecule has 38 heavy (non-hydrogen) atoms. The predicted octanol–water partition coefficient (Wildman–Crippen LogP) is 5.09. The summed E-state index contributed by atoms with van der Waals surface area (Å²) < 4.78 is 17.6. The lowest BCUT2D eigenvalue weighted by Gasteiger charge is -2.44. The van der Waals surface area contributed by atoms with Gasteiger partial charge in [0.15, 0.2) is 5.78 Å². The maximum atomic E-state index is 14.2. The van der Waals surface area contributed by atoms with Crippen LogP contribution in [0.2, 0.25) is 0 Å². The third-order valence-corrected chi connectivity index (χ3v) is 8.22. The minimum absolute atomic E-state index is 0.0240. The van der Waals surface area contributed by atoms with Crippen molar-refractivity contribution in [2.45, 2.75) is 17.7 Å². The van der Waals surface area contributed by atoms with Crippen molar-refractivity contribution < 1.29 is 9.18 Å². The summed E-state index contributed by atoms with van der Waals surface area (Å²) in [5.74, 6) is 0.637. The molecule has 0 spiro atoms. The molecule has 1 saturated heterocycles. The third-order valence-electron chi connectivity index (χ3n) is 7.20. The van der Waals surface area contributed by atoms with Crippen LogP contribution < -0.4 is 4.90 Å². The van der Waals surface area contributed by atoms with E-state index in [1.165, 1.54) is 12.1 Å². The van der Waals surface area contributed by atoms with Gasteiger partial charge < -0.3 is 4.90 Å². The number of benzene rings is 1. The van der Waals surface area contributed by atoms with Crippen LogP contribution in [0.3, 0.4) is 0 Å². The van der Waals surface area contributed by atoms with Gasteiger partial charge >= 0.3 is 0 Å². The molecule has 4 heterocycles. The summed E-state index contributed by atoms with van der Waals surface area (Å²) >= 11 is 1.63. The Hall–Kier alpha value is -3.82. The van der Waals surface area contributed by atoms with Crippen molar-refractivity contribution in [1.29, 1.82) is 0 Å². The second-order valence-electron chi connectivity index (χ2n) is 9.87. The fourth-order valence-electron chi connectivity index (χ4n) is 5.26. The molecule has 192 valence electrons. The second-order valence-corrected chi connectivity index (χ2v) is 11.0. The highest BCUT2D eigenvalue weighted by Crippen LogP contribution is 2.48. The zero-order valence-corrected chi connectivity index (χ0v) is 22.0. The van der Waals surface area contributed by atoms with Gasteiger partial charge in [-0.15, -0.1) is 0 Å². The van der Waals surface area contributed by atoms with Gasteiger partial charge in [-0.1, -0.05) is 11.6 Å².